The first-order valence-corrected chi connectivity index (χ1v) is 12.1. The van der Waals surface area contributed by atoms with Gasteiger partial charge in [-0.2, -0.15) is 18.3 Å². The highest BCUT2D eigenvalue weighted by Crippen LogP contribution is 2.46. The monoisotopic (exact) mass is 530 g/mol. The van der Waals surface area contributed by atoms with E-state index in [0.29, 0.717) is 32.1 Å². The van der Waals surface area contributed by atoms with Crippen molar-refractivity contribution in [3.8, 4) is 17.2 Å². The van der Waals surface area contributed by atoms with Crippen molar-refractivity contribution in [2.24, 2.45) is 0 Å². The zero-order chi connectivity index (χ0) is 26.8. The molecule has 1 spiro atoms. The summed E-state index contributed by atoms with van der Waals surface area (Å²) < 4.78 is 54.2. The number of hydrogen-bond acceptors (Lipinski definition) is 8. The molecule has 0 bridgehead atoms. The number of halogens is 3. The lowest BCUT2D eigenvalue weighted by Gasteiger charge is -2.38. The van der Waals surface area contributed by atoms with E-state index in [2.05, 4.69) is 14.8 Å². The largest absolute Gasteiger partial charge is 0.492 e. The van der Waals surface area contributed by atoms with Gasteiger partial charge in [0.15, 0.2) is 0 Å². The van der Waals surface area contributed by atoms with Crippen molar-refractivity contribution in [2.75, 3.05) is 26.2 Å². The van der Waals surface area contributed by atoms with E-state index < -0.39 is 18.1 Å². The van der Waals surface area contributed by atoms with E-state index in [9.17, 15) is 22.8 Å². The van der Waals surface area contributed by atoms with Gasteiger partial charge in [0.2, 0.25) is 0 Å². The highest BCUT2D eigenvalue weighted by Gasteiger charge is 2.44. The molecule has 1 saturated heterocycles. The first-order valence-electron chi connectivity index (χ1n) is 12.1. The molecule has 1 fully saturated rings. The smallest absolute Gasteiger partial charge is 0.491 e. The predicted molar refractivity (Wildman–Crippen MR) is 127 cm³/mol. The van der Waals surface area contributed by atoms with Gasteiger partial charge in [0, 0.05) is 23.6 Å². The van der Waals surface area contributed by atoms with Crippen LogP contribution in [0.1, 0.15) is 30.4 Å². The summed E-state index contributed by atoms with van der Waals surface area (Å²) in [6, 6.07) is 13.7. The zero-order valence-electron chi connectivity index (χ0n) is 20.3. The van der Waals surface area contributed by atoms with E-state index in [4.69, 9.17) is 9.47 Å². The summed E-state index contributed by atoms with van der Waals surface area (Å²) in [7, 11) is 0. The molecule has 0 amide bonds. The SMILES string of the molecule is O=C(CCN1CCC2(CC1)COc1cc(OCc3ccc(-n4cncn4)cc3)ccc12)OC(=O)C(F)(F)F. The number of carbonyl (C=O) groups is 2. The Kier molecular flexibility index (Phi) is 7.06. The lowest BCUT2D eigenvalue weighted by atomic mass is 9.74. The van der Waals surface area contributed by atoms with E-state index in [1.807, 2.05) is 47.4 Å². The number of alkyl halides is 3. The summed E-state index contributed by atoms with van der Waals surface area (Å²) >= 11 is 0. The van der Waals surface area contributed by atoms with Gasteiger partial charge in [-0.05, 0) is 49.7 Å². The second kappa shape index (κ2) is 10.4. The first kappa shape index (κ1) is 25.7. The van der Waals surface area contributed by atoms with Crippen LogP contribution in [0.15, 0.2) is 55.1 Å². The molecule has 0 aliphatic carbocycles. The third-order valence-electron chi connectivity index (χ3n) is 6.94. The number of nitrogens with zero attached hydrogens (tertiary/aromatic N) is 4. The lowest BCUT2D eigenvalue weighted by Crippen LogP contribution is -2.44. The second-order valence-electron chi connectivity index (χ2n) is 9.37. The van der Waals surface area contributed by atoms with Gasteiger partial charge in [0.05, 0.1) is 18.7 Å². The molecule has 3 aromatic rings. The number of likely N-dealkylation sites (tertiary alicyclic amines) is 1. The molecular weight excluding hydrogens is 505 g/mol. The van der Waals surface area contributed by atoms with Crippen LogP contribution in [0.3, 0.4) is 0 Å². The minimum absolute atomic E-state index is 0.158. The number of hydrogen-bond donors (Lipinski definition) is 0. The Labute approximate surface area is 216 Å². The van der Waals surface area contributed by atoms with Crippen LogP contribution in [-0.2, 0) is 26.3 Å². The van der Waals surface area contributed by atoms with Crippen molar-refractivity contribution in [1.82, 2.24) is 19.7 Å². The topological polar surface area (TPSA) is 95.8 Å². The third-order valence-corrected chi connectivity index (χ3v) is 6.94. The van der Waals surface area contributed by atoms with E-state index in [0.717, 1.165) is 35.4 Å². The van der Waals surface area contributed by atoms with Crippen LogP contribution in [-0.4, -0.2) is 64.0 Å². The third kappa shape index (κ3) is 5.64. The molecule has 38 heavy (non-hydrogen) atoms. The maximum atomic E-state index is 12.2. The van der Waals surface area contributed by atoms with E-state index in [-0.39, 0.29) is 18.4 Å². The quantitative estimate of drug-likeness (QED) is 0.338. The summed E-state index contributed by atoms with van der Waals surface area (Å²) in [5.41, 5.74) is 2.86. The summed E-state index contributed by atoms with van der Waals surface area (Å²) in [6.07, 6.45) is -0.808. The van der Waals surface area contributed by atoms with E-state index in [1.165, 1.54) is 6.33 Å². The molecule has 0 unspecified atom stereocenters. The van der Waals surface area contributed by atoms with Gasteiger partial charge in [0.1, 0.15) is 30.8 Å². The molecule has 0 N–H and O–H groups in total. The Hall–Kier alpha value is -3.93. The van der Waals surface area contributed by atoms with Crippen molar-refractivity contribution in [3.05, 3.63) is 66.2 Å². The molecule has 200 valence electrons. The fourth-order valence-electron chi connectivity index (χ4n) is 4.78. The van der Waals surface area contributed by atoms with Crippen molar-refractivity contribution in [1.29, 1.82) is 0 Å². The minimum atomic E-state index is -5.18. The molecule has 0 atom stereocenters. The molecule has 2 aliphatic rings. The Bertz CT molecular complexity index is 1290. The van der Waals surface area contributed by atoms with Crippen LogP contribution in [0.4, 0.5) is 13.2 Å². The molecule has 12 heteroatoms. The van der Waals surface area contributed by atoms with Gasteiger partial charge in [-0.15, -0.1) is 0 Å². The summed E-state index contributed by atoms with van der Waals surface area (Å²) in [5, 5.41) is 4.11. The normalized spacial score (nSPS) is 16.6. The van der Waals surface area contributed by atoms with E-state index in [1.54, 1.807) is 11.0 Å². The number of esters is 2. The molecule has 5 rings (SSSR count). The molecule has 2 aromatic carbocycles. The molecule has 3 heterocycles. The molecule has 0 radical (unpaired) electrons. The predicted octanol–water partition coefficient (Wildman–Crippen LogP) is 3.59. The summed E-state index contributed by atoms with van der Waals surface area (Å²) in [6.45, 7) is 2.44. The fourth-order valence-corrected chi connectivity index (χ4v) is 4.78. The van der Waals surface area contributed by atoms with Crippen LogP contribution in [0.25, 0.3) is 5.69 Å². The highest BCUT2D eigenvalue weighted by molar-refractivity contribution is 5.88. The van der Waals surface area contributed by atoms with Crippen molar-refractivity contribution < 1.29 is 37.0 Å². The number of carbonyl (C=O) groups excluding carboxylic acids is 2. The number of fused-ring (bicyclic) bond motifs is 2. The van der Waals surface area contributed by atoms with Gasteiger partial charge in [-0.25, -0.2) is 14.5 Å². The number of piperidine rings is 1. The van der Waals surface area contributed by atoms with Gasteiger partial charge < -0.3 is 19.1 Å². The number of benzene rings is 2. The number of rotatable bonds is 7. The average molecular weight is 531 g/mol. The number of ether oxygens (including phenoxy) is 3. The molecule has 0 saturated carbocycles. The van der Waals surface area contributed by atoms with Crippen LogP contribution < -0.4 is 9.47 Å². The molecule has 9 nitrogen and oxygen atoms in total. The van der Waals surface area contributed by atoms with Crippen LogP contribution in [0.5, 0.6) is 11.5 Å². The molecular formula is C26H25F3N4O5. The average Bonchev–Trinajstić information content (AvgIpc) is 3.56. The van der Waals surface area contributed by atoms with Crippen molar-refractivity contribution in [3.63, 3.8) is 0 Å². The Balaban J connectivity index is 1.12. The van der Waals surface area contributed by atoms with Crippen LogP contribution in [0.2, 0.25) is 0 Å². The van der Waals surface area contributed by atoms with Crippen LogP contribution in [0, 0.1) is 0 Å². The molecule has 2 aliphatic heterocycles. The maximum absolute atomic E-state index is 12.2. The first-order chi connectivity index (χ1) is 18.2. The molecule has 1 aromatic heterocycles. The second-order valence-corrected chi connectivity index (χ2v) is 9.37. The zero-order valence-corrected chi connectivity index (χ0v) is 20.3. The maximum Gasteiger partial charge on any atom is 0.491 e. The Morgan fingerprint density at radius 3 is 2.53 bits per heavy atom. The van der Waals surface area contributed by atoms with Gasteiger partial charge in [-0.3, -0.25) is 4.79 Å². The van der Waals surface area contributed by atoms with E-state index >= 15 is 0 Å². The Morgan fingerprint density at radius 2 is 1.84 bits per heavy atom. The van der Waals surface area contributed by atoms with Gasteiger partial charge in [0.25, 0.3) is 0 Å². The Morgan fingerprint density at radius 1 is 1.08 bits per heavy atom. The standard InChI is InChI=1S/C26H25F3N4O5/c27-26(28,29)24(35)38-23(34)7-10-32-11-8-25(9-12-32)15-37-22-13-20(5-6-21(22)25)36-14-18-1-3-19(4-2-18)33-17-30-16-31-33/h1-6,13,16-17H,7-12,14-15H2. The van der Waals surface area contributed by atoms with Crippen molar-refractivity contribution in [2.45, 2.75) is 37.5 Å². The van der Waals surface area contributed by atoms with Gasteiger partial charge in [-0.1, -0.05) is 18.2 Å². The lowest BCUT2D eigenvalue weighted by molar-refractivity contribution is -0.201. The van der Waals surface area contributed by atoms with Crippen molar-refractivity contribution >= 4 is 11.9 Å². The fraction of sp³-hybridized carbons (Fsp3) is 0.385. The minimum Gasteiger partial charge on any atom is -0.492 e. The van der Waals surface area contributed by atoms with Crippen LogP contribution >= 0.6 is 0 Å². The van der Waals surface area contributed by atoms with Gasteiger partial charge >= 0.3 is 18.1 Å². The summed E-state index contributed by atoms with van der Waals surface area (Å²) in [4.78, 5) is 28.3. The highest BCUT2D eigenvalue weighted by atomic mass is 19.4. The summed E-state index contributed by atoms with van der Waals surface area (Å²) in [5.74, 6) is -2.18. The number of aromatic nitrogens is 3.